The second-order valence-electron chi connectivity index (χ2n) is 9.25. The van der Waals surface area contributed by atoms with Crippen molar-refractivity contribution in [3.05, 3.63) is 65.2 Å². The molecule has 0 radical (unpaired) electrons. The van der Waals surface area contributed by atoms with Crippen molar-refractivity contribution in [1.29, 1.82) is 0 Å². The number of nitrogens with one attached hydrogen (secondary N) is 1. The van der Waals surface area contributed by atoms with E-state index in [1.807, 2.05) is 31.2 Å². The van der Waals surface area contributed by atoms with Gasteiger partial charge in [-0.05, 0) is 36.8 Å². The number of hydrazine groups is 1. The molecule has 2 aromatic carbocycles. The number of fused-ring (bicyclic) bond motifs is 1. The van der Waals surface area contributed by atoms with Gasteiger partial charge in [-0.15, -0.1) is 0 Å². The Hall–Kier alpha value is -3.96. The van der Waals surface area contributed by atoms with Crippen LogP contribution in [0.4, 0.5) is 0 Å². The van der Waals surface area contributed by atoms with E-state index in [9.17, 15) is 24.3 Å². The highest BCUT2D eigenvalue weighted by molar-refractivity contribution is 5.94. The SMILES string of the molecule is COc1ccc(C(=O)NCN2[C@H]3CN(Cc4ccc(C)cc4)C(=O)[C@H](CC(=O)O)N3C(=O)CN2C)cc1. The highest BCUT2D eigenvalue weighted by Gasteiger charge is 2.49. The molecule has 2 N–H and O–H groups in total. The van der Waals surface area contributed by atoms with Gasteiger partial charge in [-0.3, -0.25) is 19.2 Å². The molecule has 11 heteroatoms. The van der Waals surface area contributed by atoms with Gasteiger partial charge < -0.3 is 25.0 Å². The number of ether oxygens (including phenoxy) is 1. The Kier molecular flexibility index (Phi) is 7.74. The van der Waals surface area contributed by atoms with Gasteiger partial charge in [0.2, 0.25) is 11.8 Å². The summed E-state index contributed by atoms with van der Waals surface area (Å²) < 4.78 is 5.13. The molecule has 2 fully saturated rings. The van der Waals surface area contributed by atoms with E-state index >= 15 is 0 Å². The number of carbonyl (C=O) groups is 4. The maximum atomic E-state index is 13.4. The molecule has 0 saturated carbocycles. The van der Waals surface area contributed by atoms with E-state index in [-0.39, 0.29) is 38.1 Å². The first-order chi connectivity index (χ1) is 17.7. The number of carbonyl (C=O) groups excluding carboxylic acids is 3. The molecule has 2 aliphatic heterocycles. The van der Waals surface area contributed by atoms with Crippen LogP contribution in [0.3, 0.4) is 0 Å². The molecule has 2 aromatic rings. The molecule has 196 valence electrons. The van der Waals surface area contributed by atoms with Crippen LogP contribution < -0.4 is 10.1 Å². The van der Waals surface area contributed by atoms with E-state index in [1.54, 1.807) is 53.3 Å². The first kappa shape index (κ1) is 26.1. The normalized spacial score (nSPS) is 20.5. The molecule has 2 saturated heterocycles. The number of piperazine rings is 1. The van der Waals surface area contributed by atoms with E-state index in [2.05, 4.69) is 5.32 Å². The van der Waals surface area contributed by atoms with E-state index in [4.69, 9.17) is 4.74 Å². The Bertz CT molecular complexity index is 1170. The fourth-order valence-corrected chi connectivity index (χ4v) is 4.72. The summed E-state index contributed by atoms with van der Waals surface area (Å²) in [7, 11) is 3.27. The molecular formula is C26H31N5O6. The van der Waals surface area contributed by atoms with Crippen LogP contribution in [-0.2, 0) is 20.9 Å². The van der Waals surface area contributed by atoms with Gasteiger partial charge >= 0.3 is 5.97 Å². The molecule has 0 aromatic heterocycles. The number of methoxy groups -OCH3 is 1. The fourth-order valence-electron chi connectivity index (χ4n) is 4.72. The lowest BCUT2D eigenvalue weighted by molar-refractivity contribution is -0.201. The number of benzene rings is 2. The Morgan fingerprint density at radius 2 is 1.76 bits per heavy atom. The second-order valence-corrected chi connectivity index (χ2v) is 9.25. The molecule has 2 aliphatic rings. The topological polar surface area (TPSA) is 123 Å². The Balaban J connectivity index is 1.57. The summed E-state index contributed by atoms with van der Waals surface area (Å²) in [4.78, 5) is 53.8. The number of likely N-dealkylation sites (N-methyl/N-ethyl adjacent to an activating group) is 1. The molecule has 0 spiro atoms. The van der Waals surface area contributed by atoms with Crippen molar-refractivity contribution < 1.29 is 29.0 Å². The molecule has 37 heavy (non-hydrogen) atoms. The average molecular weight is 510 g/mol. The minimum Gasteiger partial charge on any atom is -0.497 e. The molecular weight excluding hydrogens is 478 g/mol. The van der Waals surface area contributed by atoms with Crippen molar-refractivity contribution in [3.63, 3.8) is 0 Å². The van der Waals surface area contributed by atoms with Crippen molar-refractivity contribution in [2.24, 2.45) is 0 Å². The van der Waals surface area contributed by atoms with E-state index in [0.717, 1.165) is 11.1 Å². The quantitative estimate of drug-likeness (QED) is 0.538. The highest BCUT2D eigenvalue weighted by atomic mass is 16.5. The molecule has 0 bridgehead atoms. The van der Waals surface area contributed by atoms with Crippen LogP contribution in [0.1, 0.15) is 27.9 Å². The largest absolute Gasteiger partial charge is 0.497 e. The summed E-state index contributed by atoms with van der Waals surface area (Å²) in [6.07, 6.45) is -1.14. The Labute approximate surface area is 215 Å². The monoisotopic (exact) mass is 509 g/mol. The predicted molar refractivity (Wildman–Crippen MR) is 133 cm³/mol. The zero-order valence-electron chi connectivity index (χ0n) is 21.1. The lowest BCUT2D eigenvalue weighted by Gasteiger charge is -2.54. The fraction of sp³-hybridized carbons (Fsp3) is 0.385. The van der Waals surface area contributed by atoms with Crippen molar-refractivity contribution in [2.45, 2.75) is 32.1 Å². The number of nitrogens with zero attached hydrogens (tertiary/aromatic N) is 4. The molecule has 0 aliphatic carbocycles. The number of hydrogen-bond acceptors (Lipinski definition) is 7. The summed E-state index contributed by atoms with van der Waals surface area (Å²) >= 11 is 0. The van der Waals surface area contributed by atoms with Crippen molar-refractivity contribution >= 4 is 23.7 Å². The number of hydrogen-bond donors (Lipinski definition) is 2. The number of carboxylic acids is 1. The van der Waals surface area contributed by atoms with Gasteiger partial charge in [0, 0.05) is 19.2 Å². The summed E-state index contributed by atoms with van der Waals surface area (Å²) in [5, 5.41) is 15.9. The number of aryl methyl sites for hydroxylation is 1. The van der Waals surface area contributed by atoms with Crippen LogP contribution in [0, 0.1) is 6.92 Å². The molecule has 0 unspecified atom stereocenters. The van der Waals surface area contributed by atoms with E-state index in [1.165, 1.54) is 4.90 Å². The van der Waals surface area contributed by atoms with Crippen LogP contribution in [0.25, 0.3) is 0 Å². The van der Waals surface area contributed by atoms with Gasteiger partial charge in [0.05, 0.1) is 33.3 Å². The molecule has 3 amide bonds. The standard InChI is InChI=1S/C26H31N5O6/c1-17-4-6-18(7-5-17)13-29-14-22-30(16-27-25(35)19-8-10-20(37-3)11-9-19)28(2)15-23(32)31(22)21(26(29)36)12-24(33)34/h4-11,21-22H,12-16H2,1-3H3,(H,27,35)(H,33,34)/t21-,22+/m0/s1. The van der Waals surface area contributed by atoms with Gasteiger partial charge in [0.15, 0.2) is 0 Å². The third-order valence-corrected chi connectivity index (χ3v) is 6.69. The first-order valence-electron chi connectivity index (χ1n) is 11.9. The van der Waals surface area contributed by atoms with Gasteiger partial charge in [-0.25, -0.2) is 5.01 Å². The summed E-state index contributed by atoms with van der Waals surface area (Å²) in [5.41, 5.74) is 2.43. The molecule has 11 nitrogen and oxygen atoms in total. The van der Waals surface area contributed by atoms with Gasteiger partial charge in [0.1, 0.15) is 18.0 Å². The first-order valence-corrected chi connectivity index (χ1v) is 11.9. The minimum atomic E-state index is -1.17. The average Bonchev–Trinajstić information content (AvgIpc) is 2.87. The number of carboxylic acid groups (broad SMARTS) is 1. The predicted octanol–water partition coefficient (Wildman–Crippen LogP) is 0.894. The van der Waals surface area contributed by atoms with Gasteiger partial charge in [0.25, 0.3) is 5.91 Å². The third kappa shape index (κ3) is 5.73. The van der Waals surface area contributed by atoms with E-state index < -0.39 is 30.5 Å². The van der Waals surface area contributed by atoms with Crippen molar-refractivity contribution in [2.75, 3.05) is 33.9 Å². The molecule has 4 rings (SSSR count). The smallest absolute Gasteiger partial charge is 0.305 e. The Morgan fingerprint density at radius 3 is 2.38 bits per heavy atom. The summed E-state index contributed by atoms with van der Waals surface area (Å²) in [6, 6.07) is 13.3. The zero-order valence-corrected chi connectivity index (χ0v) is 21.1. The van der Waals surface area contributed by atoms with Crippen molar-refractivity contribution in [1.82, 2.24) is 25.1 Å². The third-order valence-electron chi connectivity index (χ3n) is 6.69. The van der Waals surface area contributed by atoms with Gasteiger partial charge in [-0.2, -0.15) is 5.01 Å². The number of rotatable bonds is 8. The summed E-state index contributed by atoms with van der Waals surface area (Å²) in [6.45, 7) is 2.43. The number of aliphatic carboxylic acids is 1. The minimum absolute atomic E-state index is 0.0454. The van der Waals surface area contributed by atoms with Gasteiger partial charge in [-0.1, -0.05) is 29.8 Å². The second kappa shape index (κ2) is 11.0. The number of amides is 3. The Morgan fingerprint density at radius 1 is 1.08 bits per heavy atom. The van der Waals surface area contributed by atoms with Crippen LogP contribution in [0.15, 0.2) is 48.5 Å². The maximum Gasteiger partial charge on any atom is 0.305 e. The zero-order chi connectivity index (χ0) is 26.7. The summed E-state index contributed by atoms with van der Waals surface area (Å²) in [5.74, 6) is -1.59. The van der Waals surface area contributed by atoms with Crippen LogP contribution in [0.2, 0.25) is 0 Å². The maximum absolute atomic E-state index is 13.4. The molecule has 2 heterocycles. The molecule has 2 atom stereocenters. The van der Waals surface area contributed by atoms with Crippen molar-refractivity contribution in [3.8, 4) is 5.75 Å². The highest BCUT2D eigenvalue weighted by Crippen LogP contribution is 2.28. The lowest BCUT2D eigenvalue weighted by atomic mass is 10.0. The van der Waals surface area contributed by atoms with Crippen LogP contribution in [-0.4, -0.2) is 94.7 Å². The lowest BCUT2D eigenvalue weighted by Crippen LogP contribution is -2.75. The van der Waals surface area contributed by atoms with Crippen LogP contribution in [0.5, 0.6) is 5.75 Å². The van der Waals surface area contributed by atoms with E-state index in [0.29, 0.717) is 11.3 Å². The van der Waals surface area contributed by atoms with Crippen LogP contribution >= 0.6 is 0 Å².